The van der Waals surface area contributed by atoms with Crippen molar-refractivity contribution in [1.29, 1.82) is 0 Å². The third-order valence-electron chi connectivity index (χ3n) is 6.11. The fourth-order valence-corrected chi connectivity index (χ4v) is 4.38. The standard InChI is InChI=1S/C23H11F13N/c1-2-3-4-37(20-18(32)16(30)15(29)17(31)19(20)33)23(36)21(34)10-9-8(6(24)5-7(25)12(9)26)13(27)11(10)14(28)22(23)35/h13,21H,2-4H2,1H3. The van der Waals surface area contributed by atoms with E-state index in [2.05, 4.69) is 0 Å². The van der Waals surface area contributed by atoms with Crippen molar-refractivity contribution in [2.45, 2.75) is 37.9 Å². The zero-order valence-electron chi connectivity index (χ0n) is 18.1. The van der Waals surface area contributed by atoms with Crippen LogP contribution in [-0.4, -0.2) is 18.5 Å². The molecule has 0 saturated heterocycles. The summed E-state index contributed by atoms with van der Waals surface area (Å²) in [6.07, 6.45) is -7.54. The van der Waals surface area contributed by atoms with Gasteiger partial charge in [0, 0.05) is 28.8 Å². The van der Waals surface area contributed by atoms with E-state index < -0.39 is 122 Å². The number of benzene rings is 2. The number of rotatable bonds is 5. The van der Waals surface area contributed by atoms with E-state index in [1.54, 1.807) is 0 Å². The molecule has 199 valence electrons. The van der Waals surface area contributed by atoms with Gasteiger partial charge in [-0.3, -0.25) is 0 Å². The van der Waals surface area contributed by atoms with Crippen molar-refractivity contribution in [2.24, 2.45) is 0 Å². The highest BCUT2D eigenvalue weighted by molar-refractivity contribution is 5.87. The molecule has 2 aliphatic rings. The van der Waals surface area contributed by atoms with Crippen LogP contribution in [0.25, 0.3) is 5.57 Å². The zero-order valence-corrected chi connectivity index (χ0v) is 18.1. The Bertz CT molecular complexity index is 1350. The molecule has 3 unspecified atom stereocenters. The van der Waals surface area contributed by atoms with Crippen LogP contribution in [0, 0.1) is 52.6 Å². The predicted octanol–water partition coefficient (Wildman–Crippen LogP) is 7.85. The number of alkyl halides is 3. The average Bonchev–Trinajstić information content (AvgIpc) is 3.17. The lowest BCUT2D eigenvalue weighted by Crippen LogP contribution is -2.56. The summed E-state index contributed by atoms with van der Waals surface area (Å²) in [6.45, 7) is 0.149. The summed E-state index contributed by atoms with van der Waals surface area (Å²) in [5, 5.41) is 0. The minimum atomic E-state index is -4.82. The van der Waals surface area contributed by atoms with E-state index in [9.17, 15) is 39.5 Å². The molecule has 3 atom stereocenters. The Kier molecular flexibility index (Phi) is 6.52. The van der Waals surface area contributed by atoms with Crippen LogP contribution in [0.5, 0.6) is 0 Å². The highest BCUT2D eigenvalue weighted by atomic mass is 19.2. The quantitative estimate of drug-likeness (QED) is 0.159. The molecule has 0 amide bonds. The molecule has 0 bridgehead atoms. The van der Waals surface area contributed by atoms with Gasteiger partial charge in [-0.25, -0.2) is 57.1 Å². The molecule has 0 spiro atoms. The van der Waals surface area contributed by atoms with Crippen LogP contribution in [-0.2, 0) is 0 Å². The fraction of sp³-hybridized carbons (Fsp3) is 0.304. The van der Waals surface area contributed by atoms with Gasteiger partial charge in [-0.05, 0) is 6.42 Å². The van der Waals surface area contributed by atoms with Gasteiger partial charge in [0.15, 0.2) is 58.9 Å². The minimum absolute atomic E-state index is 0.0308. The van der Waals surface area contributed by atoms with Crippen LogP contribution in [0.2, 0.25) is 0 Å². The normalized spacial score (nSPS) is 23.1. The molecule has 1 radical (unpaired) electrons. The topological polar surface area (TPSA) is 3.24 Å². The zero-order chi connectivity index (χ0) is 27.7. The molecule has 4 rings (SSSR count). The van der Waals surface area contributed by atoms with Crippen molar-refractivity contribution >= 4 is 11.3 Å². The molecular formula is C23H11F13N. The molecule has 0 aliphatic heterocycles. The molecule has 0 saturated carbocycles. The summed E-state index contributed by atoms with van der Waals surface area (Å²) in [6, 6.07) is 1.10. The van der Waals surface area contributed by atoms with Crippen LogP contribution < -0.4 is 4.90 Å². The van der Waals surface area contributed by atoms with Crippen molar-refractivity contribution in [3.63, 3.8) is 0 Å². The summed E-state index contributed by atoms with van der Waals surface area (Å²) >= 11 is 0. The smallest absolute Gasteiger partial charge is 0.273 e. The van der Waals surface area contributed by atoms with E-state index in [0.29, 0.717) is 0 Å². The highest BCUT2D eigenvalue weighted by Crippen LogP contribution is 2.59. The van der Waals surface area contributed by atoms with Gasteiger partial charge in [-0.2, -0.15) is 0 Å². The number of hydrogen-bond donors (Lipinski definition) is 0. The van der Waals surface area contributed by atoms with E-state index in [0.717, 1.165) is 6.07 Å². The maximum Gasteiger partial charge on any atom is 0.273 e. The van der Waals surface area contributed by atoms with Crippen LogP contribution in [0.4, 0.5) is 62.8 Å². The van der Waals surface area contributed by atoms with Gasteiger partial charge in [0.2, 0.25) is 5.82 Å². The van der Waals surface area contributed by atoms with Crippen molar-refractivity contribution < 1.29 is 57.1 Å². The Morgan fingerprint density at radius 3 is 1.84 bits per heavy atom. The highest BCUT2D eigenvalue weighted by Gasteiger charge is 2.61. The molecule has 0 heterocycles. The second kappa shape index (κ2) is 8.98. The number of halogens is 13. The molecule has 2 aromatic rings. The summed E-state index contributed by atoms with van der Waals surface area (Å²) in [5.74, 6) is -30.3. The maximum absolute atomic E-state index is 16.3. The largest absolute Gasteiger partial charge is 0.326 e. The second-order valence-electron chi connectivity index (χ2n) is 8.13. The Labute approximate surface area is 199 Å². The summed E-state index contributed by atoms with van der Waals surface area (Å²) in [5.41, 5.74) is -9.02. The molecule has 0 N–H and O–H groups in total. The molecule has 14 heteroatoms. The van der Waals surface area contributed by atoms with Crippen LogP contribution >= 0.6 is 0 Å². The maximum atomic E-state index is 16.3. The molecule has 2 aromatic carbocycles. The van der Waals surface area contributed by atoms with Crippen LogP contribution in [0.1, 0.15) is 37.1 Å². The average molecular weight is 548 g/mol. The summed E-state index contributed by atoms with van der Waals surface area (Å²) in [4.78, 5) is -0.652. The monoisotopic (exact) mass is 548 g/mol. The van der Waals surface area contributed by atoms with Crippen molar-refractivity contribution in [3.05, 3.63) is 81.0 Å². The SMILES string of the molecule is CCCCN(c1c(F)c(F)c(F)c(F)c1F)C1(F)C(F)=C(F)C2=C(c3c(F)c(F)[c]c(F)c3C2F)C1F. The van der Waals surface area contributed by atoms with E-state index in [1.807, 2.05) is 0 Å². The summed E-state index contributed by atoms with van der Waals surface area (Å²) < 4.78 is 190. The first kappa shape index (κ1) is 26.9. The molecule has 2 aliphatic carbocycles. The Hall–Kier alpha value is -3.19. The second-order valence-corrected chi connectivity index (χ2v) is 8.13. The van der Waals surface area contributed by atoms with E-state index in [-0.39, 0.29) is 6.42 Å². The Balaban J connectivity index is 2.04. The van der Waals surface area contributed by atoms with Crippen molar-refractivity contribution in [2.75, 3.05) is 11.4 Å². The van der Waals surface area contributed by atoms with Crippen molar-refractivity contribution in [3.8, 4) is 0 Å². The molecule has 0 fully saturated rings. The lowest BCUT2D eigenvalue weighted by molar-refractivity contribution is 0.0793. The van der Waals surface area contributed by atoms with Crippen LogP contribution in [0.15, 0.2) is 17.2 Å². The van der Waals surface area contributed by atoms with Gasteiger partial charge in [0.05, 0.1) is 6.07 Å². The van der Waals surface area contributed by atoms with Crippen LogP contribution in [0.3, 0.4) is 0 Å². The number of fused-ring (bicyclic) bond motifs is 2. The lowest BCUT2D eigenvalue weighted by atomic mass is 9.86. The first-order valence-electron chi connectivity index (χ1n) is 10.4. The molecule has 1 nitrogen and oxygen atoms in total. The van der Waals surface area contributed by atoms with Gasteiger partial charge in [-0.15, -0.1) is 0 Å². The number of hydrogen-bond acceptors (Lipinski definition) is 1. The molecular weight excluding hydrogens is 537 g/mol. The van der Waals surface area contributed by atoms with Gasteiger partial charge in [0.1, 0.15) is 11.5 Å². The van der Waals surface area contributed by atoms with Crippen molar-refractivity contribution in [1.82, 2.24) is 0 Å². The Morgan fingerprint density at radius 1 is 0.757 bits per heavy atom. The number of allylic oxidation sites excluding steroid dienone is 2. The van der Waals surface area contributed by atoms with Gasteiger partial charge >= 0.3 is 0 Å². The summed E-state index contributed by atoms with van der Waals surface area (Å²) in [7, 11) is 0. The number of nitrogens with zero attached hydrogens (tertiary/aromatic N) is 1. The first-order valence-corrected chi connectivity index (χ1v) is 10.4. The van der Waals surface area contributed by atoms with Gasteiger partial charge in [0.25, 0.3) is 5.79 Å². The number of anilines is 1. The fourth-order valence-electron chi connectivity index (χ4n) is 4.38. The minimum Gasteiger partial charge on any atom is -0.326 e. The third-order valence-corrected chi connectivity index (χ3v) is 6.11. The van der Waals surface area contributed by atoms with E-state index >= 15 is 17.6 Å². The predicted molar refractivity (Wildman–Crippen MR) is 102 cm³/mol. The molecule has 37 heavy (non-hydrogen) atoms. The van der Waals surface area contributed by atoms with Gasteiger partial charge < -0.3 is 4.90 Å². The third kappa shape index (κ3) is 3.46. The van der Waals surface area contributed by atoms with Gasteiger partial charge in [-0.1, -0.05) is 13.3 Å². The van der Waals surface area contributed by atoms with E-state index in [4.69, 9.17) is 0 Å². The Morgan fingerprint density at radius 2 is 1.30 bits per heavy atom. The lowest BCUT2D eigenvalue weighted by Gasteiger charge is -2.42. The molecule has 0 aromatic heterocycles. The first-order chi connectivity index (χ1) is 17.2. The van der Waals surface area contributed by atoms with E-state index in [1.165, 1.54) is 6.92 Å². The number of unbranched alkanes of at least 4 members (excludes halogenated alkanes) is 1.